The Bertz CT molecular complexity index is 836. The number of hydrogen-bond donors (Lipinski definition) is 6. The van der Waals surface area contributed by atoms with Gasteiger partial charge in [0, 0.05) is 6.42 Å². The molecule has 2 rings (SSSR count). The fourth-order valence-electron chi connectivity index (χ4n) is 3.63. The summed E-state index contributed by atoms with van der Waals surface area (Å²) >= 11 is 0. The molecule has 0 spiro atoms. The Morgan fingerprint density at radius 2 is 1.64 bits per heavy atom. The molecule has 0 aromatic heterocycles. The second-order valence-corrected chi connectivity index (χ2v) is 8.84. The average Bonchev–Trinajstić information content (AvgIpc) is 3.28. The number of aromatic hydroxyl groups is 1. The van der Waals surface area contributed by atoms with E-state index in [2.05, 4.69) is 21.3 Å². The number of aliphatic carboxylic acids is 1. The van der Waals surface area contributed by atoms with Crippen LogP contribution in [0.15, 0.2) is 24.3 Å². The molecule has 1 fully saturated rings. The van der Waals surface area contributed by atoms with Crippen molar-refractivity contribution in [2.24, 2.45) is 5.92 Å². The molecule has 10 heteroatoms. The summed E-state index contributed by atoms with van der Waals surface area (Å²) in [5.41, 5.74) is 0.627. The number of phenolic OH excluding ortho intramolecular Hbond substituents is 1. The monoisotopic (exact) mass is 462 g/mol. The molecule has 10 nitrogen and oxygen atoms in total. The first-order valence-electron chi connectivity index (χ1n) is 11.2. The predicted octanol–water partition coefficient (Wildman–Crippen LogP) is 0.292. The lowest BCUT2D eigenvalue weighted by molar-refractivity contribution is -0.142. The highest BCUT2D eigenvalue weighted by atomic mass is 16.4. The Balaban J connectivity index is 2.01. The van der Waals surface area contributed by atoms with Crippen molar-refractivity contribution in [2.45, 2.75) is 70.6 Å². The van der Waals surface area contributed by atoms with Crippen molar-refractivity contribution in [2.75, 3.05) is 6.54 Å². The zero-order chi connectivity index (χ0) is 24.5. The third kappa shape index (κ3) is 8.38. The van der Waals surface area contributed by atoms with Gasteiger partial charge < -0.3 is 31.5 Å². The molecule has 0 bridgehead atoms. The van der Waals surface area contributed by atoms with Gasteiger partial charge in [0.05, 0.1) is 6.04 Å². The first-order chi connectivity index (χ1) is 15.6. The minimum absolute atomic E-state index is 0.0184. The number of amides is 3. The van der Waals surface area contributed by atoms with Crippen molar-refractivity contribution in [3.8, 4) is 5.75 Å². The van der Waals surface area contributed by atoms with Crippen LogP contribution in [0.2, 0.25) is 0 Å². The highest BCUT2D eigenvalue weighted by molar-refractivity contribution is 5.94. The highest BCUT2D eigenvalue weighted by Gasteiger charge is 2.30. The third-order valence-corrected chi connectivity index (χ3v) is 5.46. The average molecular weight is 463 g/mol. The Hall–Kier alpha value is -3.14. The molecule has 1 aromatic rings. The number of rotatable bonds is 11. The van der Waals surface area contributed by atoms with Crippen molar-refractivity contribution in [1.82, 2.24) is 21.3 Å². The van der Waals surface area contributed by atoms with Gasteiger partial charge in [0.25, 0.3) is 0 Å². The lowest BCUT2D eigenvalue weighted by Gasteiger charge is -2.25. The SMILES string of the molecule is CC(C)CC(NC(=O)C(C)NC(=O)C1CCCN1)C(=O)NC(Cc1ccc(O)cc1)C(=O)O. The van der Waals surface area contributed by atoms with Crippen LogP contribution < -0.4 is 21.3 Å². The predicted molar refractivity (Wildman–Crippen MR) is 121 cm³/mol. The summed E-state index contributed by atoms with van der Waals surface area (Å²) in [6.45, 7) is 6.06. The molecule has 0 radical (unpaired) electrons. The van der Waals surface area contributed by atoms with E-state index in [1.54, 1.807) is 12.1 Å². The summed E-state index contributed by atoms with van der Waals surface area (Å²) in [6, 6.07) is 2.69. The van der Waals surface area contributed by atoms with Crippen LogP contribution in [0, 0.1) is 5.92 Å². The first kappa shape index (κ1) is 26.1. The molecule has 1 heterocycles. The Morgan fingerprint density at radius 1 is 1.00 bits per heavy atom. The summed E-state index contributed by atoms with van der Waals surface area (Å²) in [6.07, 6.45) is 1.92. The van der Waals surface area contributed by atoms with E-state index in [-0.39, 0.29) is 30.0 Å². The van der Waals surface area contributed by atoms with Crippen LogP contribution >= 0.6 is 0 Å². The lowest BCUT2D eigenvalue weighted by Crippen LogP contribution is -2.56. The van der Waals surface area contributed by atoms with Crippen LogP contribution in [0.1, 0.15) is 45.6 Å². The molecule has 33 heavy (non-hydrogen) atoms. The van der Waals surface area contributed by atoms with Gasteiger partial charge in [-0.15, -0.1) is 0 Å². The standard InChI is InChI=1S/C23H34N4O6/c1-13(2)11-18(26-20(29)14(3)25-21(30)17-5-4-10-24-17)22(31)27-19(23(32)33)12-15-6-8-16(28)9-7-15/h6-9,13-14,17-19,24,28H,4-5,10-12H2,1-3H3,(H,25,30)(H,26,29)(H,27,31)(H,32,33). The lowest BCUT2D eigenvalue weighted by atomic mass is 10.0. The van der Waals surface area contributed by atoms with Crippen molar-refractivity contribution in [3.05, 3.63) is 29.8 Å². The van der Waals surface area contributed by atoms with Gasteiger partial charge in [-0.1, -0.05) is 26.0 Å². The smallest absolute Gasteiger partial charge is 0.326 e. The molecule has 1 aromatic carbocycles. The molecular formula is C23H34N4O6. The van der Waals surface area contributed by atoms with Gasteiger partial charge in [0.15, 0.2) is 0 Å². The maximum atomic E-state index is 12.9. The fraction of sp³-hybridized carbons (Fsp3) is 0.565. The molecule has 6 N–H and O–H groups in total. The van der Waals surface area contributed by atoms with Gasteiger partial charge in [-0.25, -0.2) is 4.79 Å². The van der Waals surface area contributed by atoms with E-state index < -0.39 is 35.9 Å². The van der Waals surface area contributed by atoms with Gasteiger partial charge in [-0.05, 0) is 56.3 Å². The maximum Gasteiger partial charge on any atom is 0.326 e. The molecule has 1 saturated heterocycles. The van der Waals surface area contributed by atoms with E-state index in [0.717, 1.165) is 13.0 Å². The van der Waals surface area contributed by atoms with Crippen LogP contribution in [0.4, 0.5) is 0 Å². The molecule has 1 aliphatic heterocycles. The van der Waals surface area contributed by atoms with Gasteiger partial charge in [-0.2, -0.15) is 0 Å². The number of carbonyl (C=O) groups is 4. The van der Waals surface area contributed by atoms with E-state index in [1.807, 2.05) is 13.8 Å². The van der Waals surface area contributed by atoms with Crippen LogP contribution in [0.3, 0.4) is 0 Å². The number of hydrogen-bond acceptors (Lipinski definition) is 6. The zero-order valence-corrected chi connectivity index (χ0v) is 19.3. The van der Waals surface area contributed by atoms with E-state index in [0.29, 0.717) is 18.4 Å². The van der Waals surface area contributed by atoms with Crippen LogP contribution in [0.5, 0.6) is 5.75 Å². The van der Waals surface area contributed by atoms with Crippen molar-refractivity contribution in [1.29, 1.82) is 0 Å². The zero-order valence-electron chi connectivity index (χ0n) is 19.3. The summed E-state index contributed by atoms with van der Waals surface area (Å²) in [4.78, 5) is 49.5. The van der Waals surface area contributed by atoms with E-state index in [1.165, 1.54) is 19.1 Å². The van der Waals surface area contributed by atoms with Crippen LogP contribution in [0.25, 0.3) is 0 Å². The molecule has 4 unspecified atom stereocenters. The van der Waals surface area contributed by atoms with Crippen molar-refractivity contribution < 1.29 is 29.4 Å². The van der Waals surface area contributed by atoms with Gasteiger partial charge >= 0.3 is 5.97 Å². The van der Waals surface area contributed by atoms with E-state index >= 15 is 0 Å². The second kappa shape index (κ2) is 12.2. The molecule has 3 amide bonds. The van der Waals surface area contributed by atoms with Crippen molar-refractivity contribution >= 4 is 23.7 Å². The number of carboxylic acids is 1. The summed E-state index contributed by atoms with van der Waals surface area (Å²) in [5, 5.41) is 29.8. The van der Waals surface area contributed by atoms with Crippen molar-refractivity contribution in [3.63, 3.8) is 0 Å². The molecule has 0 saturated carbocycles. The normalized spacial score (nSPS) is 18.2. The Kier molecular flexibility index (Phi) is 9.65. The van der Waals surface area contributed by atoms with Gasteiger partial charge in [0.2, 0.25) is 17.7 Å². The number of carboxylic acid groups (broad SMARTS) is 1. The van der Waals surface area contributed by atoms with Gasteiger partial charge in [0.1, 0.15) is 23.9 Å². The number of nitrogens with one attached hydrogen (secondary N) is 4. The summed E-state index contributed by atoms with van der Waals surface area (Å²) in [7, 11) is 0. The molecule has 1 aliphatic rings. The first-order valence-corrected chi connectivity index (χ1v) is 11.2. The number of phenols is 1. The maximum absolute atomic E-state index is 12.9. The van der Waals surface area contributed by atoms with Crippen LogP contribution in [-0.4, -0.2) is 64.6 Å². The Morgan fingerprint density at radius 3 is 2.18 bits per heavy atom. The fourth-order valence-corrected chi connectivity index (χ4v) is 3.63. The minimum Gasteiger partial charge on any atom is -0.508 e. The second-order valence-electron chi connectivity index (χ2n) is 8.84. The quantitative estimate of drug-likeness (QED) is 0.276. The molecular weight excluding hydrogens is 428 g/mol. The summed E-state index contributed by atoms with van der Waals surface area (Å²) in [5.74, 6) is -2.50. The molecule has 4 atom stereocenters. The largest absolute Gasteiger partial charge is 0.508 e. The molecule has 182 valence electrons. The number of carbonyl (C=O) groups excluding carboxylic acids is 3. The number of benzene rings is 1. The topological polar surface area (TPSA) is 157 Å². The van der Waals surface area contributed by atoms with Gasteiger partial charge in [-0.3, -0.25) is 14.4 Å². The van der Waals surface area contributed by atoms with Crippen LogP contribution in [-0.2, 0) is 25.6 Å². The third-order valence-electron chi connectivity index (χ3n) is 5.46. The molecule has 0 aliphatic carbocycles. The Labute approximate surface area is 193 Å². The van der Waals surface area contributed by atoms with E-state index in [4.69, 9.17) is 0 Å². The highest BCUT2D eigenvalue weighted by Crippen LogP contribution is 2.12. The van der Waals surface area contributed by atoms with E-state index in [9.17, 15) is 29.4 Å². The minimum atomic E-state index is -1.21. The summed E-state index contributed by atoms with van der Waals surface area (Å²) < 4.78 is 0.